The molecule has 0 aliphatic carbocycles. The lowest BCUT2D eigenvalue weighted by Gasteiger charge is -2.33. The van der Waals surface area contributed by atoms with Crippen molar-refractivity contribution in [2.24, 2.45) is 5.73 Å². The van der Waals surface area contributed by atoms with Crippen molar-refractivity contribution in [1.82, 2.24) is 0 Å². The van der Waals surface area contributed by atoms with Crippen LogP contribution >= 0.6 is 0 Å². The number of amides is 1. The van der Waals surface area contributed by atoms with Crippen molar-refractivity contribution in [1.29, 1.82) is 5.26 Å². The standard InChI is InChI=1S/C23H15N3O4/c1-2-11-26-19-13-7-3-5-9-16(13)30-21(27)18(19)23(22(26)28)14-8-4-6-10-17(14)29-20(25)15(23)12-24/h2-10H,1,11,25H2/t23-/m1/s1. The zero-order valence-electron chi connectivity index (χ0n) is 15.7. The number of anilines is 1. The first-order valence-corrected chi connectivity index (χ1v) is 9.22. The number of carbonyl (C=O) groups excluding carboxylic acids is 1. The van der Waals surface area contributed by atoms with E-state index >= 15 is 0 Å². The highest BCUT2D eigenvalue weighted by Crippen LogP contribution is 2.55. The second kappa shape index (κ2) is 6.09. The predicted octanol–water partition coefficient (Wildman–Crippen LogP) is 2.70. The SMILES string of the molecule is C=CCN1C(=O)[C@]2(C(C#N)=C(N)Oc3ccccc32)c2c1c1ccccc1oc2=O. The normalized spacial score (nSPS) is 19.4. The molecule has 5 rings (SSSR count). The molecule has 2 N–H and O–H groups in total. The molecular weight excluding hydrogens is 382 g/mol. The van der Waals surface area contributed by atoms with E-state index in [-0.39, 0.29) is 23.6 Å². The van der Waals surface area contributed by atoms with Crippen molar-refractivity contribution >= 4 is 22.6 Å². The smallest absolute Gasteiger partial charge is 0.343 e. The van der Waals surface area contributed by atoms with Gasteiger partial charge in [0.15, 0.2) is 5.41 Å². The molecule has 3 heterocycles. The van der Waals surface area contributed by atoms with E-state index in [1.165, 1.54) is 4.90 Å². The van der Waals surface area contributed by atoms with Crippen LogP contribution in [0.2, 0.25) is 0 Å². The molecule has 146 valence electrons. The molecule has 7 heteroatoms. The van der Waals surface area contributed by atoms with Crippen LogP contribution < -0.4 is 21.0 Å². The molecule has 1 aromatic heterocycles. The third-order valence-corrected chi connectivity index (χ3v) is 5.55. The average molecular weight is 397 g/mol. The van der Waals surface area contributed by atoms with E-state index in [1.807, 2.05) is 6.07 Å². The maximum atomic E-state index is 14.0. The lowest BCUT2D eigenvalue weighted by molar-refractivity contribution is -0.120. The zero-order valence-corrected chi connectivity index (χ0v) is 15.7. The molecule has 0 saturated heterocycles. The number of para-hydroxylation sites is 2. The van der Waals surface area contributed by atoms with Gasteiger partial charge in [-0.1, -0.05) is 36.4 Å². The average Bonchev–Trinajstić information content (AvgIpc) is 2.99. The molecule has 1 atom stereocenters. The van der Waals surface area contributed by atoms with Crippen molar-refractivity contribution in [2.45, 2.75) is 5.41 Å². The topological polar surface area (TPSA) is 110 Å². The monoisotopic (exact) mass is 397 g/mol. The lowest BCUT2D eigenvalue weighted by atomic mass is 9.69. The highest BCUT2D eigenvalue weighted by Gasteiger charge is 2.61. The summed E-state index contributed by atoms with van der Waals surface area (Å²) >= 11 is 0. The number of carbonyl (C=O) groups is 1. The summed E-state index contributed by atoms with van der Waals surface area (Å²) in [7, 11) is 0. The molecule has 2 aromatic carbocycles. The molecule has 2 aliphatic rings. The Kier molecular flexibility index (Phi) is 3.61. The summed E-state index contributed by atoms with van der Waals surface area (Å²) in [5.41, 5.74) is 4.64. The van der Waals surface area contributed by atoms with Crippen molar-refractivity contribution < 1.29 is 13.9 Å². The number of nitriles is 1. The van der Waals surface area contributed by atoms with Gasteiger partial charge >= 0.3 is 5.63 Å². The third kappa shape index (κ3) is 1.97. The van der Waals surface area contributed by atoms with Crippen molar-refractivity contribution in [3.8, 4) is 11.8 Å². The van der Waals surface area contributed by atoms with Crippen LogP contribution in [0.4, 0.5) is 5.69 Å². The molecule has 1 spiro atoms. The fourth-order valence-electron chi connectivity index (χ4n) is 4.43. The largest absolute Gasteiger partial charge is 0.440 e. The molecule has 30 heavy (non-hydrogen) atoms. The Bertz CT molecular complexity index is 1400. The van der Waals surface area contributed by atoms with Crippen LogP contribution in [-0.4, -0.2) is 12.5 Å². The van der Waals surface area contributed by atoms with Crippen LogP contribution in [0.1, 0.15) is 11.1 Å². The van der Waals surface area contributed by atoms with Crippen molar-refractivity contribution in [3.63, 3.8) is 0 Å². The molecule has 0 fully saturated rings. The molecule has 7 nitrogen and oxygen atoms in total. The molecule has 3 aromatic rings. The van der Waals surface area contributed by atoms with Gasteiger partial charge in [-0.15, -0.1) is 6.58 Å². The van der Waals surface area contributed by atoms with Crippen LogP contribution in [0.25, 0.3) is 11.0 Å². The summed E-state index contributed by atoms with van der Waals surface area (Å²) in [5, 5.41) is 10.6. The predicted molar refractivity (Wildman–Crippen MR) is 110 cm³/mol. The Morgan fingerprint density at radius 1 is 1.17 bits per heavy atom. The Hall–Kier alpha value is -4.31. The van der Waals surface area contributed by atoms with Gasteiger partial charge in [0.05, 0.1) is 11.3 Å². The first-order chi connectivity index (χ1) is 14.6. The van der Waals surface area contributed by atoms with Gasteiger partial charge in [-0.05, 0) is 18.2 Å². The minimum absolute atomic E-state index is 0.0586. The molecule has 0 unspecified atom stereocenters. The highest BCUT2D eigenvalue weighted by atomic mass is 16.5. The summed E-state index contributed by atoms with van der Waals surface area (Å²) in [6, 6.07) is 15.7. The number of hydrogen-bond donors (Lipinski definition) is 1. The van der Waals surface area contributed by atoms with Gasteiger partial charge in [0.2, 0.25) is 11.8 Å². The highest BCUT2D eigenvalue weighted by molar-refractivity contribution is 6.18. The Morgan fingerprint density at radius 3 is 2.67 bits per heavy atom. The van der Waals surface area contributed by atoms with Crippen molar-refractivity contribution in [3.05, 3.63) is 94.2 Å². The molecule has 0 bridgehead atoms. The molecule has 0 radical (unpaired) electrons. The van der Waals surface area contributed by atoms with Gasteiger partial charge in [0.1, 0.15) is 23.0 Å². The van der Waals surface area contributed by atoms with E-state index in [0.717, 1.165) is 0 Å². The van der Waals surface area contributed by atoms with E-state index in [1.54, 1.807) is 54.6 Å². The van der Waals surface area contributed by atoms with E-state index in [4.69, 9.17) is 14.9 Å². The fourth-order valence-corrected chi connectivity index (χ4v) is 4.43. The van der Waals surface area contributed by atoms with Crippen LogP contribution in [0.15, 0.2) is 81.9 Å². The van der Waals surface area contributed by atoms with Crippen LogP contribution in [0.3, 0.4) is 0 Å². The fraction of sp³-hybridized carbons (Fsp3) is 0.0870. The second-order valence-electron chi connectivity index (χ2n) is 7.01. The number of nitrogens with two attached hydrogens (primary N) is 1. The molecule has 2 aliphatic heterocycles. The number of fused-ring (bicyclic) bond motifs is 6. The quantitative estimate of drug-likeness (QED) is 0.526. The number of benzene rings is 2. The van der Waals surface area contributed by atoms with Crippen LogP contribution in [-0.2, 0) is 10.2 Å². The number of hydrogen-bond acceptors (Lipinski definition) is 6. The molecular formula is C23H15N3O4. The van der Waals surface area contributed by atoms with Crippen molar-refractivity contribution in [2.75, 3.05) is 11.4 Å². The maximum Gasteiger partial charge on any atom is 0.343 e. The first kappa shape index (κ1) is 17.8. The Morgan fingerprint density at radius 2 is 1.90 bits per heavy atom. The van der Waals surface area contributed by atoms with E-state index in [2.05, 4.69) is 6.58 Å². The van der Waals surface area contributed by atoms with E-state index in [9.17, 15) is 14.9 Å². The summed E-state index contributed by atoms with van der Waals surface area (Å²) in [4.78, 5) is 28.7. The Balaban J connectivity index is 2.03. The Labute approximate surface area is 170 Å². The van der Waals surface area contributed by atoms with E-state index in [0.29, 0.717) is 28.0 Å². The molecule has 1 amide bonds. The second-order valence-corrected chi connectivity index (χ2v) is 7.01. The summed E-state index contributed by atoms with van der Waals surface area (Å²) in [6.45, 7) is 3.89. The summed E-state index contributed by atoms with van der Waals surface area (Å²) < 4.78 is 11.2. The van der Waals surface area contributed by atoms with Gasteiger partial charge in [0.25, 0.3) is 0 Å². The molecule has 0 saturated carbocycles. The van der Waals surface area contributed by atoms with Gasteiger partial charge in [0, 0.05) is 17.5 Å². The first-order valence-electron chi connectivity index (χ1n) is 9.22. The van der Waals surface area contributed by atoms with Gasteiger partial charge in [-0.25, -0.2) is 4.79 Å². The van der Waals surface area contributed by atoms with Crippen LogP contribution in [0.5, 0.6) is 5.75 Å². The summed E-state index contributed by atoms with van der Waals surface area (Å²) in [6.07, 6.45) is 1.56. The van der Waals surface area contributed by atoms with Crippen LogP contribution in [0, 0.1) is 11.3 Å². The number of ether oxygens (including phenoxy) is 1. The van der Waals surface area contributed by atoms with E-state index < -0.39 is 16.9 Å². The third-order valence-electron chi connectivity index (χ3n) is 5.55. The van der Waals surface area contributed by atoms with Gasteiger partial charge < -0.3 is 19.8 Å². The maximum absolute atomic E-state index is 14.0. The number of rotatable bonds is 2. The minimum atomic E-state index is -1.75. The zero-order chi connectivity index (χ0) is 21.0. The number of nitrogens with zero attached hydrogens (tertiary/aromatic N) is 2. The summed E-state index contributed by atoms with van der Waals surface area (Å²) in [5.74, 6) is -0.388. The minimum Gasteiger partial charge on any atom is -0.440 e. The van der Waals surface area contributed by atoms with Gasteiger partial charge in [-0.3, -0.25) is 4.79 Å². The lowest BCUT2D eigenvalue weighted by Crippen LogP contribution is -2.47. The van der Waals surface area contributed by atoms with Gasteiger partial charge in [-0.2, -0.15) is 5.26 Å².